The average molecular weight is 396 g/mol. The second-order valence-electron chi connectivity index (χ2n) is 6.13. The molecule has 1 heterocycles. The number of carbonyl (C=O) groups excluding carboxylic acids is 1. The van der Waals surface area contributed by atoms with E-state index in [1.165, 1.54) is 10.4 Å². The normalized spacial score (nSPS) is 11.3. The lowest BCUT2D eigenvalue weighted by molar-refractivity contribution is 0.0996. The van der Waals surface area contributed by atoms with Crippen LogP contribution in [-0.4, -0.2) is 10.2 Å². The molecular formula is C20H15ClN3O2P. The Morgan fingerprint density at radius 1 is 1.30 bits per heavy atom. The first-order chi connectivity index (χ1) is 12.9. The van der Waals surface area contributed by atoms with E-state index < -0.39 is 5.91 Å². The number of rotatable bonds is 4. The number of nitrogens with two attached hydrogens (primary N) is 1. The van der Waals surface area contributed by atoms with Gasteiger partial charge >= 0.3 is 0 Å². The molecule has 2 aromatic carbocycles. The van der Waals surface area contributed by atoms with Crippen LogP contribution in [0.4, 0.5) is 0 Å². The maximum Gasteiger partial charge on any atom is 0.287 e. The molecule has 3 rings (SSSR count). The van der Waals surface area contributed by atoms with Crippen LogP contribution in [0.3, 0.4) is 0 Å². The summed E-state index contributed by atoms with van der Waals surface area (Å²) in [5.74, 6) is -0.685. The van der Waals surface area contributed by atoms with Crippen LogP contribution in [0.15, 0.2) is 36.4 Å². The standard InChI is InChI=1S/C20H15ClN3O2P/c1-11-8-13(4-3-7-22)12(2)15(9-11)18-16-10-14(21)5-6-17(16)24(27-26)19(18)20(23)25/h3-6,8-10H,1-2H3,(H2,23,25). The van der Waals surface area contributed by atoms with Crippen molar-refractivity contribution < 1.29 is 9.36 Å². The number of primary amides is 1. The van der Waals surface area contributed by atoms with Crippen molar-refractivity contribution in [1.29, 1.82) is 5.26 Å². The van der Waals surface area contributed by atoms with E-state index in [2.05, 4.69) is 0 Å². The minimum Gasteiger partial charge on any atom is -0.364 e. The minimum absolute atomic E-state index is 0.146. The number of aryl methyl sites for hydroxylation is 1. The second-order valence-corrected chi connectivity index (χ2v) is 7.13. The van der Waals surface area contributed by atoms with Crippen LogP contribution in [-0.2, 0) is 4.57 Å². The van der Waals surface area contributed by atoms with Crippen molar-refractivity contribution >= 4 is 43.1 Å². The summed E-state index contributed by atoms with van der Waals surface area (Å²) >= 11 is 6.18. The number of benzene rings is 2. The number of fused-ring (bicyclic) bond motifs is 1. The van der Waals surface area contributed by atoms with Gasteiger partial charge in [0, 0.05) is 22.0 Å². The zero-order valence-corrected chi connectivity index (χ0v) is 16.3. The van der Waals surface area contributed by atoms with Gasteiger partial charge in [-0.2, -0.15) is 5.26 Å². The lowest BCUT2D eigenvalue weighted by atomic mass is 9.92. The van der Waals surface area contributed by atoms with Gasteiger partial charge in [-0.25, -0.2) is 4.57 Å². The number of hydrogen-bond acceptors (Lipinski definition) is 3. The Hall–Kier alpha value is -2.93. The third kappa shape index (κ3) is 3.26. The maximum atomic E-state index is 12.3. The molecule has 0 bridgehead atoms. The van der Waals surface area contributed by atoms with Crippen molar-refractivity contribution in [1.82, 2.24) is 4.34 Å². The topological polar surface area (TPSA) is 88.9 Å². The summed E-state index contributed by atoms with van der Waals surface area (Å²) in [4.78, 5) is 12.3. The summed E-state index contributed by atoms with van der Waals surface area (Å²) in [6.07, 6.45) is 3.12. The summed E-state index contributed by atoms with van der Waals surface area (Å²) in [6.45, 7) is 3.83. The molecule has 134 valence electrons. The summed E-state index contributed by atoms with van der Waals surface area (Å²) < 4.78 is 13.2. The molecule has 1 amide bonds. The molecule has 1 aromatic heterocycles. The summed E-state index contributed by atoms with van der Waals surface area (Å²) in [5.41, 5.74) is 10.4. The van der Waals surface area contributed by atoms with Crippen molar-refractivity contribution in [2.75, 3.05) is 0 Å². The summed E-state index contributed by atoms with van der Waals surface area (Å²) in [6, 6.07) is 11.0. The molecule has 0 unspecified atom stereocenters. The highest BCUT2D eigenvalue weighted by Gasteiger charge is 2.24. The minimum atomic E-state index is -0.685. The Labute approximate surface area is 162 Å². The van der Waals surface area contributed by atoms with E-state index in [1.807, 2.05) is 32.0 Å². The highest BCUT2D eigenvalue weighted by molar-refractivity contribution is 7.22. The number of halogens is 1. The molecule has 0 saturated carbocycles. The Morgan fingerprint density at radius 2 is 2.04 bits per heavy atom. The first-order valence-electron chi connectivity index (χ1n) is 8.04. The molecule has 0 aliphatic rings. The van der Waals surface area contributed by atoms with Crippen molar-refractivity contribution in [3.8, 4) is 17.2 Å². The second kappa shape index (κ2) is 7.36. The molecule has 2 N–H and O–H groups in total. The van der Waals surface area contributed by atoms with Gasteiger partial charge in [0.15, 0.2) is 0 Å². The Bertz CT molecular complexity index is 1170. The molecule has 3 aromatic rings. The van der Waals surface area contributed by atoms with Gasteiger partial charge in [0.2, 0.25) is 0 Å². The number of nitrogens with zero attached hydrogens (tertiary/aromatic N) is 2. The van der Waals surface area contributed by atoms with E-state index in [0.717, 1.165) is 22.3 Å². The van der Waals surface area contributed by atoms with Crippen molar-refractivity contribution in [2.24, 2.45) is 5.73 Å². The van der Waals surface area contributed by atoms with E-state index in [-0.39, 0.29) is 14.3 Å². The van der Waals surface area contributed by atoms with Crippen LogP contribution in [0.5, 0.6) is 0 Å². The van der Waals surface area contributed by atoms with Crippen LogP contribution in [0.1, 0.15) is 27.2 Å². The first kappa shape index (κ1) is 18.8. The zero-order chi connectivity index (χ0) is 19.7. The highest BCUT2D eigenvalue weighted by atomic mass is 35.5. The van der Waals surface area contributed by atoms with E-state index in [1.54, 1.807) is 24.3 Å². The zero-order valence-electron chi connectivity index (χ0n) is 14.7. The smallest absolute Gasteiger partial charge is 0.287 e. The third-order valence-corrected chi connectivity index (χ3v) is 5.23. The van der Waals surface area contributed by atoms with Gasteiger partial charge < -0.3 is 5.73 Å². The largest absolute Gasteiger partial charge is 0.364 e. The van der Waals surface area contributed by atoms with E-state index >= 15 is 0 Å². The van der Waals surface area contributed by atoms with Crippen LogP contribution < -0.4 is 5.73 Å². The van der Waals surface area contributed by atoms with E-state index in [4.69, 9.17) is 22.6 Å². The van der Waals surface area contributed by atoms with Crippen molar-refractivity contribution in [2.45, 2.75) is 13.8 Å². The lowest BCUT2D eigenvalue weighted by Gasteiger charge is -2.12. The number of carbonyl (C=O) groups is 1. The molecule has 0 spiro atoms. The molecule has 0 atom stereocenters. The van der Waals surface area contributed by atoms with Gasteiger partial charge in [0.1, 0.15) is 5.69 Å². The molecule has 0 aliphatic carbocycles. The van der Waals surface area contributed by atoms with Gasteiger partial charge in [-0.05, 0) is 60.4 Å². The molecule has 0 radical (unpaired) electrons. The maximum absolute atomic E-state index is 12.3. The predicted octanol–water partition coefficient (Wildman–Crippen LogP) is 5.27. The highest BCUT2D eigenvalue weighted by Crippen LogP contribution is 2.40. The number of allylic oxidation sites excluding steroid dienone is 1. The number of amides is 1. The van der Waals surface area contributed by atoms with Gasteiger partial charge in [0.25, 0.3) is 14.5 Å². The fourth-order valence-electron chi connectivity index (χ4n) is 3.28. The average Bonchev–Trinajstić information content (AvgIpc) is 2.95. The molecule has 27 heavy (non-hydrogen) atoms. The van der Waals surface area contributed by atoms with Crippen LogP contribution in [0.25, 0.3) is 28.1 Å². The lowest BCUT2D eigenvalue weighted by Crippen LogP contribution is -2.15. The van der Waals surface area contributed by atoms with Gasteiger partial charge in [-0.1, -0.05) is 23.7 Å². The number of hydrogen-bond donors (Lipinski definition) is 1. The first-order valence-corrected chi connectivity index (χ1v) is 9.18. The Kier molecular flexibility index (Phi) is 5.14. The molecule has 5 nitrogen and oxygen atoms in total. The monoisotopic (exact) mass is 395 g/mol. The molecule has 0 fully saturated rings. The van der Waals surface area contributed by atoms with Crippen LogP contribution >= 0.6 is 20.2 Å². The molecule has 0 aliphatic heterocycles. The Morgan fingerprint density at radius 3 is 2.67 bits per heavy atom. The van der Waals surface area contributed by atoms with Gasteiger partial charge in [0.05, 0.1) is 11.6 Å². The van der Waals surface area contributed by atoms with Crippen LogP contribution in [0, 0.1) is 25.2 Å². The third-order valence-electron chi connectivity index (χ3n) is 4.42. The number of aromatic nitrogens is 1. The quantitative estimate of drug-likeness (QED) is 0.482. The SMILES string of the molecule is Cc1cc(C=CC#N)c(C)c(-c2c(C(N)=O)n(P=O)c3ccc(Cl)cc23)c1. The Balaban J connectivity index is 2.50. The fourth-order valence-corrected chi connectivity index (χ4v) is 3.99. The molecule has 7 heteroatoms. The van der Waals surface area contributed by atoms with E-state index in [0.29, 0.717) is 21.5 Å². The molecule has 0 saturated heterocycles. The molecular weight excluding hydrogens is 381 g/mol. The van der Waals surface area contributed by atoms with E-state index in [9.17, 15) is 9.36 Å². The van der Waals surface area contributed by atoms with Crippen LogP contribution in [0.2, 0.25) is 5.02 Å². The van der Waals surface area contributed by atoms with Gasteiger partial charge in [-0.3, -0.25) is 9.13 Å². The predicted molar refractivity (Wildman–Crippen MR) is 108 cm³/mol. The fraction of sp³-hybridized carbons (Fsp3) is 0.100. The summed E-state index contributed by atoms with van der Waals surface area (Å²) in [5, 5.41) is 10.0. The van der Waals surface area contributed by atoms with Crippen molar-refractivity contribution in [3.05, 3.63) is 63.8 Å². The number of nitriles is 1. The van der Waals surface area contributed by atoms with Crippen molar-refractivity contribution in [3.63, 3.8) is 0 Å². The van der Waals surface area contributed by atoms with Gasteiger partial charge in [-0.15, -0.1) is 0 Å². The summed E-state index contributed by atoms with van der Waals surface area (Å²) in [7, 11) is -0.368.